The average Bonchev–Trinajstić information content (AvgIpc) is 2.21. The number of hydrogen-bond donors (Lipinski definition) is 0. The molecule has 0 radical (unpaired) electrons. The highest BCUT2D eigenvalue weighted by atomic mass is 127. The third-order valence-corrected chi connectivity index (χ3v) is 3.49. The molecule has 0 aliphatic rings. The van der Waals surface area contributed by atoms with Gasteiger partial charge in [-0.05, 0) is 6.42 Å². The second-order valence-corrected chi connectivity index (χ2v) is 4.90. The van der Waals surface area contributed by atoms with Gasteiger partial charge in [0.25, 0.3) is 0 Å². The molecule has 0 fully saturated rings. The molecule has 0 spiro atoms. The first-order valence-corrected chi connectivity index (χ1v) is 7.53. The van der Waals surface area contributed by atoms with E-state index in [4.69, 9.17) is 0 Å². The lowest BCUT2D eigenvalue weighted by Crippen LogP contribution is -2.00. The van der Waals surface area contributed by atoms with Gasteiger partial charge in [0.2, 0.25) is 0 Å². The van der Waals surface area contributed by atoms with Gasteiger partial charge in [0.1, 0.15) is 6.17 Å². The SMILES string of the molecule is CCCCCCCCCCC(F)CI. The summed E-state index contributed by atoms with van der Waals surface area (Å²) < 4.78 is 13.5. The molecule has 0 amide bonds. The fourth-order valence-electron chi connectivity index (χ4n) is 1.58. The van der Waals surface area contributed by atoms with Crippen LogP contribution >= 0.6 is 22.6 Å². The van der Waals surface area contributed by atoms with Crippen molar-refractivity contribution < 1.29 is 4.39 Å². The molecule has 0 rings (SSSR count). The van der Waals surface area contributed by atoms with Crippen molar-refractivity contribution in [1.82, 2.24) is 0 Å². The van der Waals surface area contributed by atoms with E-state index in [2.05, 4.69) is 29.5 Å². The van der Waals surface area contributed by atoms with Crippen LogP contribution < -0.4 is 0 Å². The standard InChI is InChI=1S/C12H24FI/c1-2-3-4-5-6-7-8-9-10-12(13)11-14/h12H,2-11H2,1H3. The van der Waals surface area contributed by atoms with Crippen molar-refractivity contribution in [1.29, 1.82) is 0 Å². The molecule has 0 aromatic rings. The molecule has 0 aliphatic heterocycles. The molecule has 0 bridgehead atoms. The minimum absolute atomic E-state index is 0.560. The van der Waals surface area contributed by atoms with Crippen molar-refractivity contribution in [2.75, 3.05) is 4.43 Å². The van der Waals surface area contributed by atoms with E-state index in [1.165, 1.54) is 44.9 Å². The van der Waals surface area contributed by atoms with Gasteiger partial charge in [0, 0.05) is 4.43 Å². The van der Waals surface area contributed by atoms with Crippen molar-refractivity contribution in [3.8, 4) is 0 Å². The Morgan fingerprint density at radius 3 is 1.93 bits per heavy atom. The van der Waals surface area contributed by atoms with Crippen LogP contribution in [0.2, 0.25) is 0 Å². The molecule has 0 aromatic heterocycles. The van der Waals surface area contributed by atoms with Crippen molar-refractivity contribution in [3.63, 3.8) is 0 Å². The van der Waals surface area contributed by atoms with Gasteiger partial charge in [-0.15, -0.1) is 0 Å². The van der Waals surface area contributed by atoms with Gasteiger partial charge < -0.3 is 0 Å². The zero-order chi connectivity index (χ0) is 10.6. The maximum absolute atomic E-state index is 12.8. The molecule has 0 N–H and O–H groups in total. The first-order chi connectivity index (χ1) is 6.81. The van der Waals surface area contributed by atoms with Crippen molar-refractivity contribution >= 4 is 22.6 Å². The van der Waals surface area contributed by atoms with E-state index in [1.54, 1.807) is 0 Å². The Hall–Kier alpha value is 0.660. The minimum Gasteiger partial charge on any atom is -0.247 e. The molecule has 14 heavy (non-hydrogen) atoms. The summed E-state index contributed by atoms with van der Waals surface area (Å²) in [5.41, 5.74) is 0. The van der Waals surface area contributed by atoms with Gasteiger partial charge in [-0.3, -0.25) is 0 Å². The molecule has 0 aromatic carbocycles. The van der Waals surface area contributed by atoms with E-state index in [1.807, 2.05) is 0 Å². The highest BCUT2D eigenvalue weighted by molar-refractivity contribution is 14.1. The summed E-state index contributed by atoms with van der Waals surface area (Å²) in [4.78, 5) is 0. The summed E-state index contributed by atoms with van der Waals surface area (Å²) in [5.74, 6) is 0. The maximum Gasteiger partial charge on any atom is 0.109 e. The van der Waals surface area contributed by atoms with Crippen LogP contribution in [0.1, 0.15) is 64.7 Å². The lowest BCUT2D eigenvalue weighted by molar-refractivity contribution is 0.339. The van der Waals surface area contributed by atoms with E-state index in [0.29, 0.717) is 4.43 Å². The lowest BCUT2D eigenvalue weighted by atomic mass is 10.1. The quantitative estimate of drug-likeness (QED) is 0.292. The molecule has 0 aliphatic carbocycles. The lowest BCUT2D eigenvalue weighted by Gasteiger charge is -2.04. The Morgan fingerprint density at radius 1 is 0.929 bits per heavy atom. The molecule has 0 saturated heterocycles. The molecule has 1 unspecified atom stereocenters. The highest BCUT2D eigenvalue weighted by Crippen LogP contribution is 2.12. The third kappa shape index (κ3) is 10.7. The topological polar surface area (TPSA) is 0 Å². The molecule has 1 atom stereocenters. The van der Waals surface area contributed by atoms with Gasteiger partial charge in [0.15, 0.2) is 0 Å². The first-order valence-electron chi connectivity index (χ1n) is 6.01. The zero-order valence-corrected chi connectivity index (χ0v) is 11.6. The van der Waals surface area contributed by atoms with E-state index in [-0.39, 0.29) is 0 Å². The van der Waals surface area contributed by atoms with Crippen LogP contribution in [0, 0.1) is 0 Å². The first kappa shape index (κ1) is 14.7. The van der Waals surface area contributed by atoms with Crippen LogP contribution in [0.3, 0.4) is 0 Å². The average molecular weight is 314 g/mol. The predicted octanol–water partition coefficient (Wildman–Crippen LogP) is 5.29. The van der Waals surface area contributed by atoms with Crippen molar-refractivity contribution in [3.05, 3.63) is 0 Å². The van der Waals surface area contributed by atoms with Crippen LogP contribution in [-0.4, -0.2) is 10.6 Å². The Bertz CT molecular complexity index is 106. The largest absolute Gasteiger partial charge is 0.247 e. The Labute approximate surface area is 102 Å². The smallest absolute Gasteiger partial charge is 0.109 e. The molecule has 0 nitrogen and oxygen atoms in total. The fraction of sp³-hybridized carbons (Fsp3) is 1.00. The Morgan fingerprint density at radius 2 is 1.43 bits per heavy atom. The summed E-state index contributed by atoms with van der Waals surface area (Å²) in [6.07, 6.45) is 10.6. The Kier molecular flexibility index (Phi) is 12.3. The number of unbranched alkanes of at least 4 members (excludes halogenated alkanes) is 7. The second kappa shape index (κ2) is 11.7. The van der Waals surface area contributed by atoms with Crippen molar-refractivity contribution in [2.24, 2.45) is 0 Å². The minimum atomic E-state index is -0.560. The predicted molar refractivity (Wildman–Crippen MR) is 71.0 cm³/mol. The van der Waals surface area contributed by atoms with Gasteiger partial charge in [-0.1, -0.05) is 80.9 Å². The van der Waals surface area contributed by atoms with E-state index < -0.39 is 6.17 Å². The fourth-order valence-corrected chi connectivity index (χ4v) is 2.02. The van der Waals surface area contributed by atoms with Gasteiger partial charge in [-0.2, -0.15) is 0 Å². The van der Waals surface area contributed by atoms with E-state index in [9.17, 15) is 4.39 Å². The van der Waals surface area contributed by atoms with E-state index >= 15 is 0 Å². The van der Waals surface area contributed by atoms with Crippen molar-refractivity contribution in [2.45, 2.75) is 70.9 Å². The van der Waals surface area contributed by atoms with Crippen LogP contribution in [0.5, 0.6) is 0 Å². The van der Waals surface area contributed by atoms with Crippen LogP contribution in [0.25, 0.3) is 0 Å². The summed E-state index contributed by atoms with van der Waals surface area (Å²) in [7, 11) is 0. The molecular formula is C12H24FI. The summed E-state index contributed by atoms with van der Waals surface area (Å²) in [5, 5.41) is 0. The Balaban J connectivity index is 2.92. The van der Waals surface area contributed by atoms with E-state index in [0.717, 1.165) is 12.8 Å². The molecule has 86 valence electrons. The molecular weight excluding hydrogens is 290 g/mol. The summed E-state index contributed by atoms with van der Waals surface area (Å²) >= 11 is 2.12. The van der Waals surface area contributed by atoms with Crippen LogP contribution in [0.15, 0.2) is 0 Å². The maximum atomic E-state index is 12.8. The van der Waals surface area contributed by atoms with Crippen LogP contribution in [0.4, 0.5) is 4.39 Å². The van der Waals surface area contributed by atoms with Gasteiger partial charge in [-0.25, -0.2) is 4.39 Å². The molecule has 0 heterocycles. The number of hydrogen-bond acceptors (Lipinski definition) is 0. The molecule has 0 saturated carbocycles. The second-order valence-electron chi connectivity index (χ2n) is 4.02. The zero-order valence-electron chi connectivity index (χ0n) is 9.40. The number of rotatable bonds is 10. The summed E-state index contributed by atoms with van der Waals surface area (Å²) in [6.45, 7) is 2.24. The van der Waals surface area contributed by atoms with Gasteiger partial charge in [0.05, 0.1) is 0 Å². The molecule has 2 heteroatoms. The van der Waals surface area contributed by atoms with Gasteiger partial charge >= 0.3 is 0 Å². The number of alkyl halides is 2. The third-order valence-electron chi connectivity index (χ3n) is 2.54. The monoisotopic (exact) mass is 314 g/mol. The number of halogens is 2. The van der Waals surface area contributed by atoms with Crippen LogP contribution in [-0.2, 0) is 0 Å². The normalized spacial score (nSPS) is 13.1. The highest BCUT2D eigenvalue weighted by Gasteiger charge is 2.02. The summed E-state index contributed by atoms with van der Waals surface area (Å²) in [6, 6.07) is 0.